The van der Waals surface area contributed by atoms with Gasteiger partial charge in [0.1, 0.15) is 5.75 Å². The van der Waals surface area contributed by atoms with Gasteiger partial charge in [-0.2, -0.15) is 0 Å². The molecule has 0 aromatic heterocycles. The lowest BCUT2D eigenvalue weighted by Gasteiger charge is -2.28. The Morgan fingerprint density at radius 1 is 0.892 bits per heavy atom. The van der Waals surface area contributed by atoms with Crippen molar-refractivity contribution < 1.29 is 9.53 Å². The minimum Gasteiger partial charge on any atom is -0.493 e. The van der Waals surface area contributed by atoms with E-state index in [1.54, 1.807) is 0 Å². The molecule has 0 bridgehead atoms. The number of hydrogen-bond acceptors (Lipinski definition) is 4. The fourth-order valence-corrected chi connectivity index (χ4v) is 5.01. The Kier molecular flexibility index (Phi) is 7.90. The van der Waals surface area contributed by atoms with Crippen LogP contribution in [0.25, 0.3) is 6.08 Å². The Hall–Kier alpha value is -3.57. The van der Waals surface area contributed by atoms with Gasteiger partial charge in [0.25, 0.3) is 5.91 Å². The van der Waals surface area contributed by atoms with Crippen molar-refractivity contribution in [1.29, 1.82) is 0 Å². The van der Waals surface area contributed by atoms with E-state index in [0.717, 1.165) is 69.3 Å². The van der Waals surface area contributed by atoms with Crippen LogP contribution in [0.4, 0.5) is 11.4 Å². The Morgan fingerprint density at radius 2 is 1.68 bits per heavy atom. The molecule has 1 amide bonds. The first-order valence-corrected chi connectivity index (χ1v) is 13.4. The van der Waals surface area contributed by atoms with Gasteiger partial charge in [-0.05, 0) is 65.9 Å². The summed E-state index contributed by atoms with van der Waals surface area (Å²) < 4.78 is 5.81. The number of fused-ring (bicyclic) bond motifs is 1. The SMILES string of the molecule is CC(C)COc1ccc(CN2CCCN(C(=O)c3ccc(N4CC=Cc5ccccc54)cc3)CC2)cc1. The number of rotatable bonds is 7. The van der Waals surface area contributed by atoms with E-state index in [0.29, 0.717) is 5.92 Å². The third-order valence-corrected chi connectivity index (χ3v) is 7.03. The van der Waals surface area contributed by atoms with Crippen LogP contribution in [0.5, 0.6) is 5.75 Å². The normalized spacial score (nSPS) is 16.0. The minimum atomic E-state index is 0.124. The number of para-hydroxylation sites is 1. The van der Waals surface area contributed by atoms with E-state index in [9.17, 15) is 4.79 Å². The van der Waals surface area contributed by atoms with Crippen LogP contribution < -0.4 is 9.64 Å². The van der Waals surface area contributed by atoms with Crippen LogP contribution in [-0.2, 0) is 6.54 Å². The van der Waals surface area contributed by atoms with Gasteiger partial charge in [0.15, 0.2) is 0 Å². The van der Waals surface area contributed by atoms with Crippen LogP contribution in [0, 0.1) is 5.92 Å². The molecule has 192 valence electrons. The molecule has 2 aliphatic rings. The van der Waals surface area contributed by atoms with E-state index < -0.39 is 0 Å². The lowest BCUT2D eigenvalue weighted by Crippen LogP contribution is -2.35. The molecule has 0 spiro atoms. The van der Waals surface area contributed by atoms with Crippen molar-refractivity contribution in [2.45, 2.75) is 26.8 Å². The van der Waals surface area contributed by atoms with Gasteiger partial charge < -0.3 is 14.5 Å². The summed E-state index contributed by atoms with van der Waals surface area (Å²) in [4.78, 5) is 20.1. The molecule has 0 radical (unpaired) electrons. The van der Waals surface area contributed by atoms with Gasteiger partial charge in [0, 0.05) is 56.2 Å². The standard InChI is InChI=1S/C32H37N3O2/c1-25(2)24-37-30-16-10-26(11-17-30)23-33-18-6-19-34(22-21-33)32(36)28-12-14-29(15-13-28)35-20-5-8-27-7-3-4-9-31(27)35/h3-5,7-17,25H,6,18-24H2,1-2H3. The molecule has 0 atom stereocenters. The molecule has 3 aromatic rings. The zero-order valence-electron chi connectivity index (χ0n) is 22.0. The van der Waals surface area contributed by atoms with Crippen molar-refractivity contribution in [2.75, 3.05) is 44.2 Å². The molecule has 1 saturated heterocycles. The molecular weight excluding hydrogens is 458 g/mol. The van der Waals surface area contributed by atoms with Gasteiger partial charge in [0.05, 0.1) is 6.61 Å². The van der Waals surface area contributed by atoms with E-state index in [-0.39, 0.29) is 5.91 Å². The fourth-order valence-electron chi connectivity index (χ4n) is 5.01. The second-order valence-electron chi connectivity index (χ2n) is 10.4. The number of anilines is 2. The largest absolute Gasteiger partial charge is 0.493 e. The summed E-state index contributed by atoms with van der Waals surface area (Å²) in [6.45, 7) is 10.2. The molecule has 2 aliphatic heterocycles. The molecule has 3 aromatic carbocycles. The van der Waals surface area contributed by atoms with E-state index in [4.69, 9.17) is 4.74 Å². The fraction of sp³-hybridized carbons (Fsp3) is 0.344. The Balaban J connectivity index is 1.16. The Bertz CT molecular complexity index is 1220. The summed E-state index contributed by atoms with van der Waals surface area (Å²) in [5.74, 6) is 1.57. The third-order valence-electron chi connectivity index (χ3n) is 7.03. The zero-order chi connectivity index (χ0) is 25.6. The van der Waals surface area contributed by atoms with Crippen molar-refractivity contribution >= 4 is 23.4 Å². The van der Waals surface area contributed by atoms with E-state index in [1.165, 1.54) is 16.8 Å². The second kappa shape index (κ2) is 11.7. The average Bonchev–Trinajstić information content (AvgIpc) is 3.17. The van der Waals surface area contributed by atoms with Crippen molar-refractivity contribution in [3.8, 4) is 5.75 Å². The average molecular weight is 496 g/mol. The van der Waals surface area contributed by atoms with Gasteiger partial charge in [-0.25, -0.2) is 0 Å². The summed E-state index contributed by atoms with van der Waals surface area (Å²) in [6, 6.07) is 25.0. The molecule has 2 heterocycles. The predicted octanol–water partition coefficient (Wildman–Crippen LogP) is 6.23. The van der Waals surface area contributed by atoms with Crippen LogP contribution in [0.2, 0.25) is 0 Å². The highest BCUT2D eigenvalue weighted by Crippen LogP contribution is 2.32. The highest BCUT2D eigenvalue weighted by Gasteiger charge is 2.21. The lowest BCUT2D eigenvalue weighted by molar-refractivity contribution is 0.0761. The zero-order valence-corrected chi connectivity index (χ0v) is 22.0. The van der Waals surface area contributed by atoms with Crippen molar-refractivity contribution in [1.82, 2.24) is 9.80 Å². The molecule has 5 nitrogen and oxygen atoms in total. The number of nitrogens with zero attached hydrogens (tertiary/aromatic N) is 3. The van der Waals surface area contributed by atoms with E-state index >= 15 is 0 Å². The maximum Gasteiger partial charge on any atom is 0.253 e. The topological polar surface area (TPSA) is 36.0 Å². The van der Waals surface area contributed by atoms with Crippen LogP contribution in [0.3, 0.4) is 0 Å². The quantitative estimate of drug-likeness (QED) is 0.389. The maximum absolute atomic E-state index is 13.3. The number of amides is 1. The summed E-state index contributed by atoms with van der Waals surface area (Å²) in [5.41, 5.74) is 5.57. The molecule has 0 unspecified atom stereocenters. The summed E-state index contributed by atoms with van der Waals surface area (Å²) >= 11 is 0. The number of hydrogen-bond donors (Lipinski definition) is 0. The molecule has 0 aliphatic carbocycles. The number of benzene rings is 3. The Morgan fingerprint density at radius 3 is 2.46 bits per heavy atom. The molecule has 5 rings (SSSR count). The number of ether oxygens (including phenoxy) is 1. The van der Waals surface area contributed by atoms with Gasteiger partial charge in [-0.1, -0.05) is 56.3 Å². The molecule has 5 heteroatoms. The second-order valence-corrected chi connectivity index (χ2v) is 10.4. The van der Waals surface area contributed by atoms with E-state index in [1.807, 2.05) is 17.0 Å². The first-order chi connectivity index (χ1) is 18.1. The van der Waals surface area contributed by atoms with Gasteiger partial charge in [-0.3, -0.25) is 9.69 Å². The number of carbonyl (C=O) groups is 1. The van der Waals surface area contributed by atoms with Crippen LogP contribution >= 0.6 is 0 Å². The third kappa shape index (κ3) is 6.23. The summed E-state index contributed by atoms with van der Waals surface area (Å²) in [7, 11) is 0. The monoisotopic (exact) mass is 495 g/mol. The maximum atomic E-state index is 13.3. The molecular formula is C32H37N3O2. The summed E-state index contributed by atoms with van der Waals surface area (Å²) in [5, 5.41) is 0. The summed E-state index contributed by atoms with van der Waals surface area (Å²) in [6.07, 6.45) is 5.33. The van der Waals surface area contributed by atoms with E-state index in [2.05, 4.69) is 96.5 Å². The highest BCUT2D eigenvalue weighted by molar-refractivity contribution is 5.94. The van der Waals surface area contributed by atoms with Crippen molar-refractivity contribution in [3.05, 3.63) is 95.6 Å². The van der Waals surface area contributed by atoms with Gasteiger partial charge >= 0.3 is 0 Å². The van der Waals surface area contributed by atoms with Crippen LogP contribution in [0.1, 0.15) is 41.8 Å². The smallest absolute Gasteiger partial charge is 0.253 e. The lowest BCUT2D eigenvalue weighted by atomic mass is 10.1. The van der Waals surface area contributed by atoms with Crippen molar-refractivity contribution in [2.24, 2.45) is 5.92 Å². The predicted molar refractivity (Wildman–Crippen MR) is 151 cm³/mol. The van der Waals surface area contributed by atoms with Crippen LogP contribution in [0.15, 0.2) is 78.9 Å². The minimum absolute atomic E-state index is 0.124. The molecule has 1 fully saturated rings. The molecule has 0 saturated carbocycles. The van der Waals surface area contributed by atoms with Gasteiger partial charge in [-0.15, -0.1) is 0 Å². The first kappa shape index (κ1) is 25.1. The molecule has 0 N–H and O–H groups in total. The number of carbonyl (C=O) groups excluding carboxylic acids is 1. The van der Waals surface area contributed by atoms with Gasteiger partial charge in [0.2, 0.25) is 0 Å². The van der Waals surface area contributed by atoms with Crippen LogP contribution in [-0.4, -0.2) is 55.0 Å². The van der Waals surface area contributed by atoms with Crippen molar-refractivity contribution in [3.63, 3.8) is 0 Å². The Labute approximate surface area is 221 Å². The molecule has 37 heavy (non-hydrogen) atoms. The highest BCUT2D eigenvalue weighted by atomic mass is 16.5. The first-order valence-electron chi connectivity index (χ1n) is 13.4.